The van der Waals surface area contributed by atoms with Crippen LogP contribution in [0.1, 0.15) is 23.2 Å². The van der Waals surface area contributed by atoms with E-state index in [0.29, 0.717) is 43.1 Å². The number of aliphatic carboxylic acids is 2. The quantitative estimate of drug-likeness (QED) is 0.187. The van der Waals surface area contributed by atoms with Gasteiger partial charge in [0.05, 0.1) is 23.9 Å². The van der Waals surface area contributed by atoms with E-state index >= 15 is 0 Å². The average Bonchev–Trinajstić information content (AvgIpc) is 3.26. The van der Waals surface area contributed by atoms with E-state index in [1.807, 2.05) is 18.2 Å². The average molecular weight is 592 g/mol. The maximum absolute atomic E-state index is 13.0. The number of carbonyl (C=O) groups is 5. The van der Waals surface area contributed by atoms with Gasteiger partial charge >= 0.3 is 17.9 Å². The van der Waals surface area contributed by atoms with Gasteiger partial charge in [0.1, 0.15) is 6.10 Å². The summed E-state index contributed by atoms with van der Waals surface area (Å²) in [6, 6.07) is 10.6. The normalized spacial score (nSPS) is 20.7. The van der Waals surface area contributed by atoms with Crippen molar-refractivity contribution in [1.29, 1.82) is 0 Å². The highest BCUT2D eigenvalue weighted by Gasteiger charge is 2.48. The fourth-order valence-electron chi connectivity index (χ4n) is 5.19. The van der Waals surface area contributed by atoms with Crippen molar-refractivity contribution in [2.45, 2.75) is 18.9 Å². The molecule has 5 rings (SSSR count). The number of aromatic nitrogens is 2. The van der Waals surface area contributed by atoms with Crippen LogP contribution in [0, 0.1) is 11.8 Å². The second-order valence-corrected chi connectivity index (χ2v) is 10.2. The molecular formula is C30H33N5O8. The topological polar surface area (TPSA) is 171 Å². The van der Waals surface area contributed by atoms with Gasteiger partial charge in [-0.1, -0.05) is 30.4 Å². The number of amides is 2. The second-order valence-electron chi connectivity index (χ2n) is 10.2. The van der Waals surface area contributed by atoms with Gasteiger partial charge in [-0.05, 0) is 31.0 Å². The number of carboxylic acid groups (broad SMARTS) is 2. The summed E-state index contributed by atoms with van der Waals surface area (Å²) in [5.74, 6) is -3.18. The van der Waals surface area contributed by atoms with Crippen LogP contribution in [0.15, 0.2) is 73.1 Å². The highest BCUT2D eigenvalue weighted by Crippen LogP contribution is 2.35. The first-order chi connectivity index (χ1) is 20.7. The van der Waals surface area contributed by atoms with E-state index < -0.39 is 24.0 Å². The van der Waals surface area contributed by atoms with Crippen LogP contribution in [0.5, 0.6) is 0 Å². The Morgan fingerprint density at radius 1 is 0.837 bits per heavy atom. The van der Waals surface area contributed by atoms with Crippen molar-refractivity contribution < 1.29 is 38.9 Å². The molecule has 1 aliphatic carbocycles. The number of carbonyl (C=O) groups excluding carboxylic acids is 3. The Kier molecular flexibility index (Phi) is 10.7. The highest BCUT2D eigenvalue weighted by molar-refractivity contribution is 6.05. The zero-order valence-corrected chi connectivity index (χ0v) is 23.4. The van der Waals surface area contributed by atoms with Gasteiger partial charge in [-0.3, -0.25) is 19.4 Å². The van der Waals surface area contributed by atoms with Gasteiger partial charge in [-0.25, -0.2) is 24.4 Å². The van der Waals surface area contributed by atoms with E-state index in [9.17, 15) is 24.0 Å². The van der Waals surface area contributed by atoms with Crippen LogP contribution in [0.25, 0.3) is 0 Å². The number of likely N-dealkylation sites (tertiary alicyclic amines) is 1. The lowest BCUT2D eigenvalue weighted by Gasteiger charge is -2.36. The monoisotopic (exact) mass is 591 g/mol. The van der Waals surface area contributed by atoms with Crippen molar-refractivity contribution in [1.82, 2.24) is 19.8 Å². The number of ether oxygens (including phenoxy) is 1. The Bertz CT molecular complexity index is 1320. The van der Waals surface area contributed by atoms with Crippen molar-refractivity contribution >= 4 is 35.7 Å². The first-order valence-electron chi connectivity index (χ1n) is 13.9. The number of fused-ring (bicyclic) bond motifs is 1. The molecule has 226 valence electrons. The molecule has 43 heavy (non-hydrogen) atoms. The van der Waals surface area contributed by atoms with Crippen LogP contribution in [0.2, 0.25) is 0 Å². The molecule has 0 bridgehead atoms. The molecule has 3 heterocycles. The summed E-state index contributed by atoms with van der Waals surface area (Å²) in [7, 11) is 0. The third-order valence-corrected chi connectivity index (χ3v) is 7.31. The number of benzene rings is 1. The predicted molar refractivity (Wildman–Crippen MR) is 153 cm³/mol. The zero-order chi connectivity index (χ0) is 30.8. The lowest BCUT2D eigenvalue weighted by molar-refractivity contribution is -0.142. The lowest BCUT2D eigenvalue weighted by Crippen LogP contribution is -2.51. The fraction of sp³-hybridized carbons (Fsp3) is 0.367. The van der Waals surface area contributed by atoms with E-state index in [-0.39, 0.29) is 30.2 Å². The number of hydrogen-bond donors (Lipinski definition) is 2. The standard InChI is InChI=1S/C26H29N5O4.C4H4O4/c32-23-21-9-4-5-10-22(21)24(33)31(23)18-20(35-25(34)19-7-2-1-3-8-19)17-29-13-15-30(16-14-29)26-27-11-6-12-28-26;5-3(6)1-2-4(7)8/h1-8,11-12,20-22H,9-10,13-18H2;1-2H,(H,5,6)(H,7,8)/b;2-1-/t20?,21-,22+;. The minimum absolute atomic E-state index is 0.0747. The number of carboxylic acids is 2. The molecule has 3 aliphatic rings. The minimum Gasteiger partial charge on any atom is -0.478 e. The SMILES string of the molecule is O=C(O)/C=C\C(=O)O.O=C(OC(CN1CCN(c2ncccn2)CC1)CN1C(=O)[C@H]2CC=CC[C@H]2C1=O)c1ccccc1. The molecule has 2 amide bonds. The van der Waals surface area contributed by atoms with Crippen LogP contribution in [0.3, 0.4) is 0 Å². The molecule has 0 radical (unpaired) electrons. The molecule has 2 aromatic rings. The van der Waals surface area contributed by atoms with Gasteiger partial charge in [0.2, 0.25) is 17.8 Å². The van der Waals surface area contributed by atoms with E-state index in [0.717, 1.165) is 26.2 Å². The molecule has 13 heteroatoms. The molecule has 2 saturated heterocycles. The Balaban J connectivity index is 0.000000467. The maximum atomic E-state index is 13.0. The molecule has 1 aromatic carbocycles. The summed E-state index contributed by atoms with van der Waals surface area (Å²) in [5.41, 5.74) is 0.445. The number of hydrogen-bond acceptors (Lipinski definition) is 10. The zero-order valence-electron chi connectivity index (χ0n) is 23.4. The van der Waals surface area contributed by atoms with Gasteiger partial charge in [-0.15, -0.1) is 0 Å². The molecule has 1 aromatic heterocycles. The minimum atomic E-state index is -1.26. The number of imide groups is 1. The van der Waals surface area contributed by atoms with Crippen LogP contribution < -0.4 is 4.90 Å². The third-order valence-electron chi connectivity index (χ3n) is 7.31. The van der Waals surface area contributed by atoms with E-state index in [1.165, 1.54) is 4.90 Å². The summed E-state index contributed by atoms with van der Waals surface area (Å²) in [6.45, 7) is 3.45. The van der Waals surface area contributed by atoms with Crippen LogP contribution in [-0.4, -0.2) is 105 Å². The second kappa shape index (κ2) is 14.8. The molecular weight excluding hydrogens is 558 g/mol. The van der Waals surface area contributed by atoms with Gasteiger partial charge < -0.3 is 19.8 Å². The van der Waals surface area contributed by atoms with Crippen molar-refractivity contribution in [3.05, 3.63) is 78.7 Å². The lowest BCUT2D eigenvalue weighted by atomic mass is 9.85. The first-order valence-corrected chi connectivity index (χ1v) is 13.9. The molecule has 2 N–H and O–H groups in total. The molecule has 0 spiro atoms. The Labute approximate surface area is 248 Å². The largest absolute Gasteiger partial charge is 0.478 e. The Hall–Kier alpha value is -4.91. The highest BCUT2D eigenvalue weighted by atomic mass is 16.5. The van der Waals surface area contributed by atoms with Gasteiger partial charge in [0.15, 0.2) is 0 Å². The number of esters is 1. The number of anilines is 1. The van der Waals surface area contributed by atoms with Crippen LogP contribution in [0.4, 0.5) is 5.95 Å². The summed E-state index contributed by atoms with van der Waals surface area (Å²) in [4.78, 5) is 72.3. The van der Waals surface area contributed by atoms with Gasteiger partial charge in [0, 0.05) is 57.3 Å². The van der Waals surface area contributed by atoms with Crippen LogP contribution >= 0.6 is 0 Å². The first kappa shape index (κ1) is 31.0. The molecule has 2 aliphatic heterocycles. The molecule has 2 fully saturated rings. The van der Waals surface area contributed by atoms with Crippen molar-refractivity contribution in [2.24, 2.45) is 11.8 Å². The van der Waals surface area contributed by atoms with E-state index in [2.05, 4.69) is 19.8 Å². The number of nitrogens with zero attached hydrogens (tertiary/aromatic N) is 5. The number of piperazine rings is 1. The molecule has 1 unspecified atom stereocenters. The summed E-state index contributed by atoms with van der Waals surface area (Å²) >= 11 is 0. The fourth-order valence-corrected chi connectivity index (χ4v) is 5.19. The van der Waals surface area contributed by atoms with E-state index in [1.54, 1.807) is 42.7 Å². The summed E-state index contributed by atoms with van der Waals surface area (Å²) < 4.78 is 5.88. The Morgan fingerprint density at radius 2 is 1.40 bits per heavy atom. The van der Waals surface area contributed by atoms with Crippen molar-refractivity contribution in [3.63, 3.8) is 0 Å². The Morgan fingerprint density at radius 3 is 1.93 bits per heavy atom. The third kappa shape index (κ3) is 8.55. The van der Waals surface area contributed by atoms with Crippen molar-refractivity contribution in [3.8, 4) is 0 Å². The molecule has 3 atom stereocenters. The predicted octanol–water partition coefficient (Wildman–Crippen LogP) is 1.49. The molecule has 13 nitrogen and oxygen atoms in total. The summed E-state index contributed by atoms with van der Waals surface area (Å²) in [6.07, 6.45) is 9.06. The summed E-state index contributed by atoms with van der Waals surface area (Å²) in [5, 5.41) is 15.6. The van der Waals surface area contributed by atoms with Crippen LogP contribution in [-0.2, 0) is 23.9 Å². The van der Waals surface area contributed by atoms with Gasteiger partial charge in [0.25, 0.3) is 0 Å². The smallest absolute Gasteiger partial charge is 0.338 e. The maximum Gasteiger partial charge on any atom is 0.338 e. The molecule has 0 saturated carbocycles. The van der Waals surface area contributed by atoms with Crippen molar-refractivity contribution in [2.75, 3.05) is 44.2 Å². The van der Waals surface area contributed by atoms with E-state index in [4.69, 9.17) is 14.9 Å². The van der Waals surface area contributed by atoms with Gasteiger partial charge in [-0.2, -0.15) is 0 Å². The number of rotatable bonds is 9. The number of allylic oxidation sites excluding steroid dienone is 2.